The van der Waals surface area contributed by atoms with Gasteiger partial charge in [0.15, 0.2) is 5.96 Å². The third-order valence-electron chi connectivity index (χ3n) is 4.03. The number of hydrogen-bond acceptors (Lipinski definition) is 2. The number of halogens is 2. The Labute approximate surface area is 148 Å². The second-order valence-electron chi connectivity index (χ2n) is 5.93. The molecule has 0 spiro atoms. The molecule has 2 atom stereocenters. The Morgan fingerprint density at radius 1 is 1.43 bits per heavy atom. The summed E-state index contributed by atoms with van der Waals surface area (Å²) in [5.41, 5.74) is 6.90. The molecule has 0 radical (unpaired) electrons. The fourth-order valence-corrected chi connectivity index (χ4v) is 3.32. The highest BCUT2D eigenvalue weighted by Gasteiger charge is 2.13. The van der Waals surface area contributed by atoms with Crippen molar-refractivity contribution in [2.24, 2.45) is 10.7 Å². The van der Waals surface area contributed by atoms with Crippen LogP contribution >= 0.6 is 23.2 Å². The highest BCUT2D eigenvalue weighted by atomic mass is 35.5. The van der Waals surface area contributed by atoms with Crippen LogP contribution in [0.2, 0.25) is 10.0 Å². The van der Waals surface area contributed by atoms with Crippen LogP contribution in [0.15, 0.2) is 23.2 Å². The smallest absolute Gasteiger partial charge is 0.189 e. The first kappa shape index (κ1) is 18.4. The Balaban J connectivity index is 1.75. The molecule has 2 rings (SSSR count). The zero-order valence-electron chi connectivity index (χ0n) is 13.5. The summed E-state index contributed by atoms with van der Waals surface area (Å²) >= 11 is 12.1. The van der Waals surface area contributed by atoms with Crippen LogP contribution in [0, 0.1) is 0 Å². The quantitative estimate of drug-likeness (QED) is 0.453. The van der Waals surface area contributed by atoms with Crippen LogP contribution in [0.5, 0.6) is 0 Å². The van der Waals surface area contributed by atoms with Crippen molar-refractivity contribution in [3.63, 3.8) is 0 Å². The lowest BCUT2D eigenvalue weighted by atomic mass is 10.1. The molecule has 1 heterocycles. The molecular formula is C17H25Cl2N3O. The van der Waals surface area contributed by atoms with Gasteiger partial charge in [-0.05, 0) is 56.7 Å². The lowest BCUT2D eigenvalue weighted by molar-refractivity contribution is 0.0105. The maximum absolute atomic E-state index is 6.20. The van der Waals surface area contributed by atoms with Gasteiger partial charge in [-0.2, -0.15) is 0 Å². The van der Waals surface area contributed by atoms with Gasteiger partial charge in [0.05, 0.1) is 12.1 Å². The lowest BCUT2D eigenvalue weighted by Gasteiger charge is -2.22. The van der Waals surface area contributed by atoms with Crippen molar-refractivity contribution in [1.29, 1.82) is 0 Å². The average molecular weight is 358 g/mol. The maximum atomic E-state index is 6.20. The van der Waals surface area contributed by atoms with Gasteiger partial charge in [0.25, 0.3) is 0 Å². The number of nitrogens with two attached hydrogens (primary N) is 1. The summed E-state index contributed by atoms with van der Waals surface area (Å²) in [5.74, 6) is 0.438. The molecule has 2 unspecified atom stereocenters. The molecule has 1 fully saturated rings. The van der Waals surface area contributed by atoms with E-state index in [4.69, 9.17) is 33.7 Å². The van der Waals surface area contributed by atoms with E-state index in [2.05, 4.69) is 10.3 Å². The number of nitrogens with one attached hydrogen (secondary N) is 1. The molecule has 0 bridgehead atoms. The molecule has 0 aliphatic carbocycles. The zero-order chi connectivity index (χ0) is 16.7. The summed E-state index contributed by atoms with van der Waals surface area (Å²) < 4.78 is 5.71. The monoisotopic (exact) mass is 357 g/mol. The van der Waals surface area contributed by atoms with Crippen LogP contribution in [0.25, 0.3) is 0 Å². The van der Waals surface area contributed by atoms with E-state index in [9.17, 15) is 0 Å². The van der Waals surface area contributed by atoms with Gasteiger partial charge in [-0.3, -0.25) is 4.99 Å². The van der Waals surface area contributed by atoms with Crippen molar-refractivity contribution in [3.05, 3.63) is 33.8 Å². The molecule has 0 amide bonds. The minimum atomic E-state index is -0.0230. The summed E-state index contributed by atoms with van der Waals surface area (Å²) in [5, 5.41) is 4.41. The second-order valence-corrected chi connectivity index (χ2v) is 6.77. The van der Waals surface area contributed by atoms with Crippen molar-refractivity contribution in [1.82, 2.24) is 5.32 Å². The summed E-state index contributed by atoms with van der Waals surface area (Å²) in [7, 11) is 0. The van der Waals surface area contributed by atoms with Crippen LogP contribution in [0.4, 0.5) is 0 Å². The minimum absolute atomic E-state index is 0.0230. The highest BCUT2D eigenvalue weighted by Crippen LogP contribution is 2.25. The fourth-order valence-electron chi connectivity index (χ4n) is 2.75. The minimum Gasteiger partial charge on any atom is -0.378 e. The van der Waals surface area contributed by atoms with E-state index in [-0.39, 0.29) is 6.04 Å². The topological polar surface area (TPSA) is 59.6 Å². The number of benzene rings is 1. The van der Waals surface area contributed by atoms with Crippen LogP contribution < -0.4 is 11.1 Å². The van der Waals surface area contributed by atoms with Gasteiger partial charge in [0, 0.05) is 23.2 Å². The Morgan fingerprint density at radius 3 is 2.96 bits per heavy atom. The summed E-state index contributed by atoms with van der Waals surface area (Å²) in [6, 6.07) is 5.42. The van der Waals surface area contributed by atoms with Gasteiger partial charge >= 0.3 is 0 Å². The molecule has 0 saturated carbocycles. The predicted molar refractivity (Wildman–Crippen MR) is 97.3 cm³/mol. The molecule has 1 aromatic rings. The van der Waals surface area contributed by atoms with Gasteiger partial charge in [0.2, 0.25) is 0 Å². The number of rotatable bonds is 6. The molecule has 1 aliphatic heterocycles. The third kappa shape index (κ3) is 6.21. The molecule has 1 saturated heterocycles. The van der Waals surface area contributed by atoms with Gasteiger partial charge in [-0.1, -0.05) is 29.3 Å². The Hall–Kier alpha value is -0.970. The molecule has 0 aromatic heterocycles. The second kappa shape index (κ2) is 9.36. The van der Waals surface area contributed by atoms with Gasteiger partial charge in [0.1, 0.15) is 0 Å². The van der Waals surface area contributed by atoms with E-state index in [1.54, 1.807) is 6.07 Å². The first-order chi connectivity index (χ1) is 11.1. The zero-order valence-corrected chi connectivity index (χ0v) is 15.0. The van der Waals surface area contributed by atoms with Crippen LogP contribution in [-0.2, 0) is 4.74 Å². The summed E-state index contributed by atoms with van der Waals surface area (Å²) in [6.07, 6.45) is 6.08. The molecule has 23 heavy (non-hydrogen) atoms. The van der Waals surface area contributed by atoms with Gasteiger partial charge in [-0.25, -0.2) is 0 Å². The summed E-state index contributed by atoms with van der Waals surface area (Å²) in [4.78, 5) is 4.38. The molecule has 6 heteroatoms. The number of nitrogens with zero attached hydrogens (tertiary/aromatic N) is 1. The Kier molecular flexibility index (Phi) is 7.47. The van der Waals surface area contributed by atoms with Crippen LogP contribution in [0.3, 0.4) is 0 Å². The van der Waals surface area contributed by atoms with Crippen LogP contribution in [0.1, 0.15) is 50.6 Å². The fraction of sp³-hybridized carbons (Fsp3) is 0.588. The normalized spacial score (nSPS) is 20.3. The molecular weight excluding hydrogens is 333 g/mol. The van der Waals surface area contributed by atoms with E-state index in [1.165, 1.54) is 19.3 Å². The van der Waals surface area contributed by atoms with Crippen molar-refractivity contribution < 1.29 is 4.74 Å². The highest BCUT2D eigenvalue weighted by molar-refractivity contribution is 6.35. The van der Waals surface area contributed by atoms with Crippen molar-refractivity contribution in [2.45, 2.75) is 51.2 Å². The number of hydrogen-bond donors (Lipinski definition) is 2. The number of ether oxygens (including phenoxy) is 1. The first-order valence-corrected chi connectivity index (χ1v) is 8.95. The van der Waals surface area contributed by atoms with Crippen LogP contribution in [-0.4, -0.2) is 25.2 Å². The van der Waals surface area contributed by atoms with E-state index in [0.717, 1.165) is 25.0 Å². The van der Waals surface area contributed by atoms with Crippen molar-refractivity contribution in [2.75, 3.05) is 13.2 Å². The summed E-state index contributed by atoms with van der Waals surface area (Å²) in [6.45, 7) is 3.60. The molecule has 3 N–H and O–H groups in total. The third-order valence-corrected chi connectivity index (χ3v) is 4.60. The van der Waals surface area contributed by atoms with Crippen molar-refractivity contribution in [3.8, 4) is 0 Å². The molecule has 128 valence electrons. The predicted octanol–water partition coefficient (Wildman–Crippen LogP) is 4.31. The number of guanidine groups is 1. The Bertz CT molecular complexity index is 531. The number of aliphatic imine (C=N–C) groups is 1. The Morgan fingerprint density at radius 2 is 2.26 bits per heavy atom. The molecule has 1 aliphatic rings. The average Bonchev–Trinajstić information content (AvgIpc) is 2.52. The van der Waals surface area contributed by atoms with E-state index < -0.39 is 0 Å². The van der Waals surface area contributed by atoms with Gasteiger partial charge in [-0.15, -0.1) is 0 Å². The lowest BCUT2D eigenvalue weighted by Crippen LogP contribution is -2.34. The molecule has 1 aromatic carbocycles. The standard InChI is InChI=1S/C17H25Cl2N3O/c1-12(15-8-7-13(18)11-16(15)19)22-17(20)21-9-4-6-14-5-2-3-10-23-14/h7-8,11-12,14H,2-6,9-10H2,1H3,(H3,20,21,22). The van der Waals surface area contributed by atoms with Gasteiger partial charge < -0.3 is 15.8 Å². The van der Waals surface area contributed by atoms with E-state index in [0.29, 0.717) is 28.7 Å². The first-order valence-electron chi connectivity index (χ1n) is 8.19. The van der Waals surface area contributed by atoms with Crippen molar-refractivity contribution >= 4 is 29.2 Å². The SMILES string of the molecule is CC(NC(N)=NCCCC1CCCCO1)c1ccc(Cl)cc1Cl. The maximum Gasteiger partial charge on any atom is 0.189 e. The van der Waals surface area contributed by atoms with E-state index >= 15 is 0 Å². The molecule has 4 nitrogen and oxygen atoms in total. The van der Waals surface area contributed by atoms with E-state index in [1.807, 2.05) is 19.1 Å². The largest absolute Gasteiger partial charge is 0.378 e.